The molecule has 2 rings (SSSR count). The highest BCUT2D eigenvalue weighted by Gasteiger charge is 1.99. The Bertz CT molecular complexity index is 430. The molecule has 1 aromatic heterocycles. The second-order valence-corrected chi connectivity index (χ2v) is 3.04. The van der Waals surface area contributed by atoms with Crippen molar-refractivity contribution in [3.63, 3.8) is 0 Å². The quantitative estimate of drug-likeness (QED) is 0.433. The van der Waals surface area contributed by atoms with Crippen LogP contribution in [0.25, 0.3) is 10.9 Å². The lowest BCUT2D eigenvalue weighted by Gasteiger charge is -1.98. The molecule has 0 spiro atoms. The monoisotopic (exact) mass is 176 g/mol. The highest BCUT2D eigenvalue weighted by atomic mass is 35.5. The fraction of sp³-hybridized carbons (Fsp3) is 0. The van der Waals surface area contributed by atoms with Gasteiger partial charge in [-0.3, -0.25) is 0 Å². The van der Waals surface area contributed by atoms with Crippen LogP contribution in [0.4, 0.5) is 0 Å². The van der Waals surface area contributed by atoms with E-state index in [-0.39, 0.29) is 0 Å². The maximum Gasteiger partial charge on any atom is 0.140 e. The van der Waals surface area contributed by atoms with Crippen LogP contribution in [-0.4, -0.2) is 17.8 Å². The summed E-state index contributed by atoms with van der Waals surface area (Å²) in [4.78, 5) is 8.00. The molecule has 0 unspecified atom stereocenters. The van der Waals surface area contributed by atoms with E-state index in [1.165, 1.54) is 11.8 Å². The van der Waals surface area contributed by atoms with Crippen LogP contribution in [0.15, 0.2) is 24.5 Å². The van der Waals surface area contributed by atoms with Crippen molar-refractivity contribution in [3.05, 3.63) is 29.7 Å². The predicted octanol–water partition coefficient (Wildman–Crippen LogP) is 0.542. The molecular weight excluding hydrogens is 170 g/mol. The van der Waals surface area contributed by atoms with Crippen LogP contribution < -0.4 is 5.46 Å². The Morgan fingerprint density at radius 1 is 1.25 bits per heavy atom. The lowest BCUT2D eigenvalue weighted by atomic mass is 9.95. The lowest BCUT2D eigenvalue weighted by molar-refractivity contribution is 1.22. The van der Waals surface area contributed by atoms with Crippen molar-refractivity contribution in [1.29, 1.82) is 0 Å². The summed E-state index contributed by atoms with van der Waals surface area (Å²) in [6.07, 6.45) is 1.48. The first-order valence-electron chi connectivity index (χ1n) is 3.64. The molecule has 0 aliphatic rings. The van der Waals surface area contributed by atoms with Crippen LogP contribution in [0.3, 0.4) is 0 Å². The molecule has 0 aliphatic heterocycles. The minimum Gasteiger partial charge on any atom is -0.236 e. The molecule has 0 amide bonds. The van der Waals surface area contributed by atoms with Gasteiger partial charge in [0.2, 0.25) is 0 Å². The Labute approximate surface area is 76.0 Å². The van der Waals surface area contributed by atoms with E-state index in [2.05, 4.69) is 9.97 Å². The van der Waals surface area contributed by atoms with Gasteiger partial charge in [-0.1, -0.05) is 29.2 Å². The number of hydrogen-bond donors (Lipinski definition) is 0. The number of hydrogen-bond acceptors (Lipinski definition) is 2. The van der Waals surface area contributed by atoms with Crippen molar-refractivity contribution in [2.45, 2.75) is 0 Å². The van der Waals surface area contributed by atoms with Gasteiger partial charge in [-0.15, -0.1) is 0 Å². The molecule has 1 heterocycles. The van der Waals surface area contributed by atoms with Crippen LogP contribution >= 0.6 is 11.6 Å². The predicted molar refractivity (Wildman–Crippen MR) is 52.7 cm³/mol. The fourth-order valence-corrected chi connectivity index (χ4v) is 1.34. The molecular formula is C8H6BClN2. The summed E-state index contributed by atoms with van der Waals surface area (Å²) in [6.45, 7) is 0. The third-order valence-corrected chi connectivity index (χ3v) is 2.04. The SMILES string of the molecule is Bc1ccc2c(Cl)ncnc2c1. The van der Waals surface area contributed by atoms with Gasteiger partial charge in [-0.25, -0.2) is 9.97 Å². The first kappa shape index (κ1) is 7.56. The Kier molecular flexibility index (Phi) is 1.73. The molecule has 0 saturated carbocycles. The van der Waals surface area contributed by atoms with Gasteiger partial charge in [0, 0.05) is 5.39 Å². The summed E-state index contributed by atoms with van der Waals surface area (Å²) in [5.74, 6) is 0. The van der Waals surface area contributed by atoms with Gasteiger partial charge in [0.15, 0.2) is 0 Å². The van der Waals surface area contributed by atoms with Crippen molar-refractivity contribution in [2.24, 2.45) is 0 Å². The first-order chi connectivity index (χ1) is 5.77. The van der Waals surface area contributed by atoms with Gasteiger partial charge in [0.1, 0.15) is 19.3 Å². The highest BCUT2D eigenvalue weighted by molar-refractivity contribution is 6.35. The highest BCUT2D eigenvalue weighted by Crippen LogP contribution is 2.16. The minimum absolute atomic E-state index is 0.514. The average molecular weight is 176 g/mol. The van der Waals surface area contributed by atoms with Crippen molar-refractivity contribution in [3.8, 4) is 0 Å². The van der Waals surface area contributed by atoms with Gasteiger partial charge in [-0.05, 0) is 6.07 Å². The molecule has 0 bridgehead atoms. The van der Waals surface area contributed by atoms with Crippen molar-refractivity contribution < 1.29 is 0 Å². The van der Waals surface area contributed by atoms with Crippen LogP contribution in [0.2, 0.25) is 5.15 Å². The standard InChI is InChI=1S/C8H6BClN2/c9-5-1-2-6-7(3-5)11-4-12-8(6)10/h1-4H,9H2. The number of fused-ring (bicyclic) bond motifs is 1. The maximum atomic E-state index is 5.86. The number of benzene rings is 1. The average Bonchev–Trinajstić information content (AvgIpc) is 2.04. The summed E-state index contributed by atoms with van der Waals surface area (Å²) in [7, 11) is 2.02. The Morgan fingerprint density at radius 2 is 2.08 bits per heavy atom. The van der Waals surface area contributed by atoms with Crippen molar-refractivity contribution >= 4 is 35.8 Å². The molecule has 12 heavy (non-hydrogen) atoms. The largest absolute Gasteiger partial charge is 0.236 e. The van der Waals surface area contributed by atoms with Crippen LogP contribution in [0.1, 0.15) is 0 Å². The molecule has 0 saturated heterocycles. The van der Waals surface area contributed by atoms with Gasteiger partial charge in [0.05, 0.1) is 5.52 Å². The Morgan fingerprint density at radius 3 is 2.92 bits per heavy atom. The third-order valence-electron chi connectivity index (χ3n) is 1.74. The minimum atomic E-state index is 0.514. The Balaban J connectivity index is 2.86. The Hall–Kier alpha value is -1.09. The van der Waals surface area contributed by atoms with E-state index in [1.807, 2.05) is 26.0 Å². The zero-order valence-electron chi connectivity index (χ0n) is 6.58. The third kappa shape index (κ3) is 1.16. The summed E-state index contributed by atoms with van der Waals surface area (Å²) in [5.41, 5.74) is 2.08. The molecule has 1 aromatic carbocycles. The van der Waals surface area contributed by atoms with Crippen LogP contribution in [0.5, 0.6) is 0 Å². The van der Waals surface area contributed by atoms with Gasteiger partial charge < -0.3 is 0 Å². The normalized spacial score (nSPS) is 10.4. The molecule has 58 valence electrons. The van der Waals surface area contributed by atoms with Crippen LogP contribution in [0, 0.1) is 0 Å². The summed E-state index contributed by atoms with van der Waals surface area (Å²) >= 11 is 5.86. The summed E-state index contributed by atoms with van der Waals surface area (Å²) in [5, 5.41) is 1.42. The molecule has 2 aromatic rings. The summed E-state index contributed by atoms with van der Waals surface area (Å²) < 4.78 is 0. The van der Waals surface area contributed by atoms with E-state index >= 15 is 0 Å². The van der Waals surface area contributed by atoms with E-state index in [1.54, 1.807) is 0 Å². The zero-order valence-corrected chi connectivity index (χ0v) is 7.34. The van der Waals surface area contributed by atoms with E-state index in [4.69, 9.17) is 11.6 Å². The lowest BCUT2D eigenvalue weighted by Crippen LogP contribution is -2.00. The number of nitrogens with zero attached hydrogens (tertiary/aromatic N) is 2. The number of halogens is 1. The van der Waals surface area contributed by atoms with E-state index in [0.29, 0.717) is 5.15 Å². The molecule has 0 aliphatic carbocycles. The van der Waals surface area contributed by atoms with E-state index < -0.39 is 0 Å². The zero-order chi connectivity index (χ0) is 8.55. The van der Waals surface area contributed by atoms with Gasteiger partial charge in [0.25, 0.3) is 0 Å². The molecule has 2 nitrogen and oxygen atoms in total. The van der Waals surface area contributed by atoms with Gasteiger partial charge >= 0.3 is 0 Å². The topological polar surface area (TPSA) is 25.8 Å². The second-order valence-electron chi connectivity index (χ2n) is 2.69. The van der Waals surface area contributed by atoms with Crippen LogP contribution in [-0.2, 0) is 0 Å². The van der Waals surface area contributed by atoms with E-state index in [9.17, 15) is 0 Å². The number of rotatable bonds is 0. The maximum absolute atomic E-state index is 5.86. The molecule has 0 fully saturated rings. The fourth-order valence-electron chi connectivity index (χ4n) is 1.13. The smallest absolute Gasteiger partial charge is 0.140 e. The van der Waals surface area contributed by atoms with Gasteiger partial charge in [-0.2, -0.15) is 0 Å². The van der Waals surface area contributed by atoms with Crippen molar-refractivity contribution in [2.75, 3.05) is 0 Å². The molecule has 0 N–H and O–H groups in total. The van der Waals surface area contributed by atoms with E-state index in [0.717, 1.165) is 10.9 Å². The molecule has 0 atom stereocenters. The summed E-state index contributed by atoms with van der Waals surface area (Å²) in [6, 6.07) is 5.92. The second kappa shape index (κ2) is 2.75. The van der Waals surface area contributed by atoms with Crippen molar-refractivity contribution in [1.82, 2.24) is 9.97 Å². The first-order valence-corrected chi connectivity index (χ1v) is 4.02. The molecule has 4 heteroatoms. The number of aromatic nitrogens is 2. The molecule has 0 radical (unpaired) electrons.